The molecule has 0 atom stereocenters. The van der Waals surface area contributed by atoms with Gasteiger partial charge in [-0.25, -0.2) is 4.98 Å². The Bertz CT molecular complexity index is 1130. The number of pyridine rings is 1. The molecular weight excluding hydrogens is 601 g/mol. The van der Waals surface area contributed by atoms with Gasteiger partial charge in [0.15, 0.2) is 0 Å². The van der Waals surface area contributed by atoms with E-state index in [0.29, 0.717) is 23.7 Å². The smallest absolute Gasteiger partial charge is 1.00 e. The summed E-state index contributed by atoms with van der Waals surface area (Å²) in [5.41, 5.74) is 10.9. The van der Waals surface area contributed by atoms with E-state index in [9.17, 15) is 0 Å². The third-order valence-electron chi connectivity index (χ3n) is 6.73. The van der Waals surface area contributed by atoms with Crippen molar-refractivity contribution in [1.82, 2.24) is 4.98 Å². The second-order valence-electron chi connectivity index (χ2n) is 11.0. The van der Waals surface area contributed by atoms with E-state index in [0.717, 1.165) is 34.2 Å². The van der Waals surface area contributed by atoms with Gasteiger partial charge in [-0.3, -0.25) is 9.98 Å². The largest absolute Gasteiger partial charge is 3.00 e. The van der Waals surface area contributed by atoms with E-state index in [1.165, 1.54) is 22.3 Å². The quantitative estimate of drug-likeness (QED) is 0.265. The van der Waals surface area contributed by atoms with Crippen LogP contribution >= 0.6 is 0 Å². The summed E-state index contributed by atoms with van der Waals surface area (Å²) >= 11 is 0. The molecular formula is C33H43Cl3FeN3. The Morgan fingerprint density at radius 2 is 0.750 bits per heavy atom. The van der Waals surface area contributed by atoms with Crippen LogP contribution in [0.3, 0.4) is 0 Å². The molecule has 0 aliphatic heterocycles. The molecule has 40 heavy (non-hydrogen) atoms. The van der Waals surface area contributed by atoms with E-state index in [1.54, 1.807) is 0 Å². The molecule has 3 nitrogen and oxygen atoms in total. The summed E-state index contributed by atoms with van der Waals surface area (Å²) in [6, 6.07) is 19.2. The Labute approximate surface area is 271 Å². The fourth-order valence-corrected chi connectivity index (χ4v) is 4.57. The molecule has 0 saturated heterocycles. The zero-order valence-electron chi connectivity index (χ0n) is 25.3. The van der Waals surface area contributed by atoms with Gasteiger partial charge in [0.25, 0.3) is 0 Å². The second-order valence-corrected chi connectivity index (χ2v) is 11.0. The van der Waals surface area contributed by atoms with Crippen LogP contribution in [0.2, 0.25) is 0 Å². The zero-order valence-corrected chi connectivity index (χ0v) is 28.7. The van der Waals surface area contributed by atoms with Crippen LogP contribution in [-0.2, 0) is 17.1 Å². The van der Waals surface area contributed by atoms with E-state index in [4.69, 9.17) is 15.0 Å². The first kappa shape index (κ1) is 40.5. The van der Waals surface area contributed by atoms with Crippen LogP contribution in [0.15, 0.2) is 64.6 Å². The first-order chi connectivity index (χ1) is 17.0. The van der Waals surface area contributed by atoms with Gasteiger partial charge >= 0.3 is 17.1 Å². The van der Waals surface area contributed by atoms with Crippen molar-refractivity contribution < 1.29 is 54.3 Å². The third kappa shape index (κ3) is 9.71. The summed E-state index contributed by atoms with van der Waals surface area (Å²) in [4.78, 5) is 15.3. The first-order valence-corrected chi connectivity index (χ1v) is 13.3. The van der Waals surface area contributed by atoms with Crippen molar-refractivity contribution in [2.75, 3.05) is 0 Å². The van der Waals surface area contributed by atoms with Crippen LogP contribution in [0.4, 0.5) is 11.4 Å². The number of para-hydroxylation sites is 2. The fraction of sp³-hybridized carbons (Fsp3) is 0.424. The molecule has 0 amide bonds. The first-order valence-electron chi connectivity index (χ1n) is 13.3. The number of aliphatic imine (C=N–C) groups is 2. The van der Waals surface area contributed by atoms with Gasteiger partial charge in [0.05, 0.1) is 34.2 Å². The molecule has 1 aromatic heterocycles. The Morgan fingerprint density at radius 1 is 0.500 bits per heavy atom. The molecule has 0 spiro atoms. The van der Waals surface area contributed by atoms with Crippen molar-refractivity contribution in [3.8, 4) is 0 Å². The van der Waals surface area contributed by atoms with Crippen LogP contribution < -0.4 is 37.2 Å². The number of halogens is 3. The van der Waals surface area contributed by atoms with Gasteiger partial charge in [0, 0.05) is 0 Å². The molecule has 0 N–H and O–H groups in total. The van der Waals surface area contributed by atoms with Crippen molar-refractivity contribution in [3.63, 3.8) is 0 Å². The van der Waals surface area contributed by atoms with Crippen molar-refractivity contribution in [2.24, 2.45) is 9.98 Å². The summed E-state index contributed by atoms with van der Waals surface area (Å²) in [6.45, 7) is 22.0. The minimum Gasteiger partial charge on any atom is -1.00 e. The van der Waals surface area contributed by atoms with Crippen molar-refractivity contribution in [3.05, 3.63) is 88.2 Å². The topological polar surface area (TPSA) is 37.6 Å². The number of hydrogen-bond donors (Lipinski definition) is 0. The van der Waals surface area contributed by atoms with Crippen LogP contribution in [0, 0.1) is 0 Å². The molecule has 0 unspecified atom stereocenters. The van der Waals surface area contributed by atoms with Gasteiger partial charge in [0.2, 0.25) is 0 Å². The third-order valence-corrected chi connectivity index (χ3v) is 6.73. The van der Waals surface area contributed by atoms with Crippen LogP contribution in [-0.4, -0.2) is 16.4 Å². The average Bonchev–Trinajstić information content (AvgIpc) is 2.83. The second kappa shape index (κ2) is 18.0. The molecule has 0 aliphatic rings. The SMILES string of the molecule is CC(=Nc1c(C(C)C)cccc1C(C)C)c1cccc(C(C)=Nc2c(C(C)C)cccc2C(C)C)n1.[Cl-].[Cl-].[Cl-].[Fe+3]. The van der Waals surface area contributed by atoms with Crippen molar-refractivity contribution in [2.45, 2.75) is 92.9 Å². The molecule has 3 aromatic rings. The maximum atomic E-state index is 5.15. The van der Waals surface area contributed by atoms with Crippen molar-refractivity contribution in [1.29, 1.82) is 0 Å². The van der Waals surface area contributed by atoms with Gasteiger partial charge < -0.3 is 37.2 Å². The predicted molar refractivity (Wildman–Crippen MR) is 157 cm³/mol. The Morgan fingerprint density at radius 3 is 1.00 bits per heavy atom. The van der Waals surface area contributed by atoms with Crippen LogP contribution in [0.5, 0.6) is 0 Å². The number of hydrogen-bond acceptors (Lipinski definition) is 3. The van der Waals surface area contributed by atoms with E-state index < -0.39 is 0 Å². The van der Waals surface area contributed by atoms with Crippen LogP contribution in [0.25, 0.3) is 0 Å². The molecule has 0 saturated carbocycles. The number of rotatable bonds is 8. The minimum atomic E-state index is 0. The fourth-order valence-electron chi connectivity index (χ4n) is 4.57. The number of benzene rings is 2. The molecule has 3 rings (SSSR count). The summed E-state index contributed by atoms with van der Waals surface area (Å²) in [6.07, 6.45) is 0. The molecule has 7 heteroatoms. The van der Waals surface area contributed by atoms with Crippen LogP contribution in [0.1, 0.15) is 127 Å². The zero-order chi connectivity index (χ0) is 26.6. The molecule has 2 aromatic carbocycles. The summed E-state index contributed by atoms with van der Waals surface area (Å²) < 4.78 is 0. The summed E-state index contributed by atoms with van der Waals surface area (Å²) in [7, 11) is 0. The number of nitrogens with zero attached hydrogens (tertiary/aromatic N) is 3. The maximum Gasteiger partial charge on any atom is 3.00 e. The molecule has 0 bridgehead atoms. The van der Waals surface area contributed by atoms with E-state index in [1.807, 2.05) is 12.1 Å². The van der Waals surface area contributed by atoms with Gasteiger partial charge in [-0.15, -0.1) is 0 Å². The van der Waals surface area contributed by atoms with Gasteiger partial charge in [-0.2, -0.15) is 0 Å². The Balaban J connectivity index is 0. The molecule has 0 aliphatic carbocycles. The Hall–Kier alpha value is -1.68. The van der Waals surface area contributed by atoms with Gasteiger partial charge in [-0.05, 0) is 71.9 Å². The van der Waals surface area contributed by atoms with Gasteiger partial charge in [0.1, 0.15) is 0 Å². The summed E-state index contributed by atoms with van der Waals surface area (Å²) in [5.74, 6) is 1.61. The standard InChI is InChI=1S/C33H43N3.3ClH.Fe/c1-20(2)26-14-11-15-27(21(3)4)32(26)34-24(9)30-18-13-19-31(36-30)25(10)35-33-28(22(5)6)16-12-17-29(33)23(7)8;;;;/h11-23H,1-10H3;3*1H;/q;;;;+3/p-3. The summed E-state index contributed by atoms with van der Waals surface area (Å²) in [5, 5.41) is 0. The van der Waals surface area contributed by atoms with Gasteiger partial charge in [-0.1, -0.05) is 97.9 Å². The molecule has 0 fully saturated rings. The normalized spacial score (nSPS) is 11.7. The maximum absolute atomic E-state index is 5.15. The molecule has 1 heterocycles. The average molecular weight is 644 g/mol. The number of aromatic nitrogens is 1. The predicted octanol–water partition coefficient (Wildman–Crippen LogP) is 0.866. The molecule has 1 radical (unpaired) electrons. The monoisotopic (exact) mass is 642 g/mol. The minimum absolute atomic E-state index is 0. The van der Waals surface area contributed by atoms with E-state index in [2.05, 4.69) is 112 Å². The Kier molecular flexibility index (Phi) is 18.2. The van der Waals surface area contributed by atoms with Crippen molar-refractivity contribution >= 4 is 22.8 Å². The molecule has 219 valence electrons. The van der Waals surface area contributed by atoms with E-state index >= 15 is 0 Å². The van der Waals surface area contributed by atoms with E-state index in [-0.39, 0.29) is 54.3 Å².